The van der Waals surface area contributed by atoms with E-state index in [4.69, 9.17) is 4.74 Å². The van der Waals surface area contributed by atoms with Gasteiger partial charge in [0.15, 0.2) is 11.6 Å². The lowest BCUT2D eigenvalue weighted by atomic mass is 10.1. The summed E-state index contributed by atoms with van der Waals surface area (Å²) in [6.45, 7) is 0.116. The first kappa shape index (κ1) is 19.8. The van der Waals surface area contributed by atoms with Crippen LogP contribution in [0.15, 0.2) is 64.2 Å². The van der Waals surface area contributed by atoms with Crippen LogP contribution in [0.3, 0.4) is 0 Å². The van der Waals surface area contributed by atoms with Crippen LogP contribution in [0, 0.1) is 5.82 Å². The summed E-state index contributed by atoms with van der Waals surface area (Å²) in [7, 11) is -2.32. The zero-order chi connectivity index (χ0) is 20.1. The average molecular weight is 420 g/mol. The predicted molar refractivity (Wildman–Crippen MR) is 106 cm³/mol. The number of carbonyl (C=O) groups is 1. The van der Waals surface area contributed by atoms with Crippen molar-refractivity contribution in [2.75, 3.05) is 11.8 Å². The molecule has 2 N–H and O–H groups in total. The molecule has 3 aromatic rings. The summed E-state index contributed by atoms with van der Waals surface area (Å²) in [5, 5.41) is 4.34. The highest BCUT2D eigenvalue weighted by Gasteiger charge is 2.16. The molecule has 0 aliphatic rings. The van der Waals surface area contributed by atoms with Crippen molar-refractivity contribution in [3.63, 3.8) is 0 Å². The highest BCUT2D eigenvalue weighted by atomic mass is 32.2. The normalized spacial score (nSPS) is 11.1. The van der Waals surface area contributed by atoms with Crippen LogP contribution in [0.1, 0.15) is 15.9 Å². The summed E-state index contributed by atoms with van der Waals surface area (Å²) < 4.78 is 45.8. The van der Waals surface area contributed by atoms with Crippen molar-refractivity contribution in [3.05, 3.63) is 76.9 Å². The van der Waals surface area contributed by atoms with Gasteiger partial charge in [-0.1, -0.05) is 18.2 Å². The first-order valence-electron chi connectivity index (χ1n) is 8.16. The summed E-state index contributed by atoms with van der Waals surface area (Å²) >= 11 is 1.10. The summed E-state index contributed by atoms with van der Waals surface area (Å²) in [5.41, 5.74) is 1.12. The zero-order valence-electron chi connectivity index (χ0n) is 14.8. The molecule has 0 spiro atoms. The van der Waals surface area contributed by atoms with E-state index in [-0.39, 0.29) is 27.8 Å². The molecule has 146 valence electrons. The number of halogens is 1. The highest BCUT2D eigenvalue weighted by Crippen LogP contribution is 2.21. The lowest BCUT2D eigenvalue weighted by Gasteiger charge is -2.10. The Morgan fingerprint density at radius 2 is 1.96 bits per heavy atom. The van der Waals surface area contributed by atoms with E-state index in [0.717, 1.165) is 11.3 Å². The van der Waals surface area contributed by atoms with Crippen LogP contribution in [-0.4, -0.2) is 21.4 Å². The van der Waals surface area contributed by atoms with Crippen molar-refractivity contribution in [1.29, 1.82) is 0 Å². The quantitative estimate of drug-likeness (QED) is 0.611. The van der Waals surface area contributed by atoms with Crippen LogP contribution in [0.2, 0.25) is 0 Å². The Bertz CT molecular complexity index is 1080. The standard InChI is InChI=1S/C19H17FN2O4S2/c1-26-17-8-7-13(10-16(17)20)12-21-19(23)14-4-2-5-15(11-14)22-28(24,25)18-6-3-9-27-18/h2-11,22H,12H2,1H3,(H,21,23). The second-order valence-corrected chi connectivity index (χ2v) is 8.63. The minimum Gasteiger partial charge on any atom is -0.494 e. The molecule has 9 heteroatoms. The van der Waals surface area contributed by atoms with Crippen LogP contribution < -0.4 is 14.8 Å². The molecule has 0 radical (unpaired) electrons. The monoisotopic (exact) mass is 420 g/mol. The van der Waals surface area contributed by atoms with Crippen LogP contribution in [0.5, 0.6) is 5.75 Å². The van der Waals surface area contributed by atoms with Gasteiger partial charge in [0.25, 0.3) is 15.9 Å². The van der Waals surface area contributed by atoms with Crippen molar-refractivity contribution in [2.45, 2.75) is 10.8 Å². The molecule has 0 aliphatic heterocycles. The molecule has 0 atom stereocenters. The van der Waals surface area contributed by atoms with Crippen LogP contribution in [0.25, 0.3) is 0 Å². The largest absolute Gasteiger partial charge is 0.494 e. The maximum atomic E-state index is 13.7. The van der Waals surface area contributed by atoms with Crippen LogP contribution >= 0.6 is 11.3 Å². The topological polar surface area (TPSA) is 84.5 Å². The smallest absolute Gasteiger partial charge is 0.271 e. The molecule has 1 heterocycles. The van der Waals surface area contributed by atoms with Crippen molar-refractivity contribution >= 4 is 33.0 Å². The number of carbonyl (C=O) groups excluding carboxylic acids is 1. The van der Waals surface area contributed by atoms with E-state index in [1.165, 1.54) is 31.4 Å². The molecular formula is C19H17FN2O4S2. The molecule has 0 aliphatic carbocycles. The average Bonchev–Trinajstić information content (AvgIpc) is 3.22. The van der Waals surface area contributed by atoms with Gasteiger partial charge in [0.2, 0.25) is 0 Å². The number of ether oxygens (including phenoxy) is 1. The van der Waals surface area contributed by atoms with E-state index in [1.54, 1.807) is 35.7 Å². The maximum Gasteiger partial charge on any atom is 0.271 e. The van der Waals surface area contributed by atoms with Crippen LogP contribution in [-0.2, 0) is 16.6 Å². The number of methoxy groups -OCH3 is 1. The molecule has 1 aromatic heterocycles. The Morgan fingerprint density at radius 1 is 1.14 bits per heavy atom. The minimum atomic E-state index is -3.70. The molecule has 6 nitrogen and oxygen atoms in total. The summed E-state index contributed by atoms with van der Waals surface area (Å²) in [6.07, 6.45) is 0. The van der Waals surface area contributed by atoms with Gasteiger partial charge in [0, 0.05) is 17.8 Å². The van der Waals surface area contributed by atoms with E-state index in [2.05, 4.69) is 10.0 Å². The van der Waals surface area contributed by atoms with E-state index < -0.39 is 21.7 Å². The van der Waals surface area contributed by atoms with Gasteiger partial charge in [0.1, 0.15) is 4.21 Å². The lowest BCUT2D eigenvalue weighted by Crippen LogP contribution is -2.23. The molecule has 0 saturated heterocycles. The Kier molecular flexibility index (Phi) is 5.96. The molecule has 0 saturated carbocycles. The Balaban J connectivity index is 1.68. The number of benzene rings is 2. The van der Waals surface area contributed by atoms with Gasteiger partial charge in [0.05, 0.1) is 7.11 Å². The van der Waals surface area contributed by atoms with Crippen molar-refractivity contribution in [1.82, 2.24) is 5.32 Å². The first-order valence-corrected chi connectivity index (χ1v) is 10.5. The van der Waals surface area contributed by atoms with Gasteiger partial charge >= 0.3 is 0 Å². The second-order valence-electron chi connectivity index (χ2n) is 5.77. The molecule has 0 bridgehead atoms. The maximum absolute atomic E-state index is 13.7. The molecule has 0 unspecified atom stereocenters. The fourth-order valence-electron chi connectivity index (χ4n) is 2.45. The number of amides is 1. The zero-order valence-corrected chi connectivity index (χ0v) is 16.4. The number of rotatable bonds is 7. The van der Waals surface area contributed by atoms with Gasteiger partial charge in [-0.25, -0.2) is 12.8 Å². The lowest BCUT2D eigenvalue weighted by molar-refractivity contribution is 0.0951. The first-order chi connectivity index (χ1) is 13.4. The van der Waals surface area contributed by atoms with E-state index in [9.17, 15) is 17.6 Å². The van der Waals surface area contributed by atoms with Gasteiger partial charge in [-0.05, 0) is 47.3 Å². The van der Waals surface area contributed by atoms with E-state index in [1.807, 2.05) is 0 Å². The Labute approximate surface area is 166 Å². The molecular weight excluding hydrogens is 403 g/mol. The van der Waals surface area contributed by atoms with Gasteiger partial charge in [-0.2, -0.15) is 0 Å². The van der Waals surface area contributed by atoms with Crippen molar-refractivity contribution < 1.29 is 22.3 Å². The van der Waals surface area contributed by atoms with Crippen molar-refractivity contribution in [2.24, 2.45) is 0 Å². The highest BCUT2D eigenvalue weighted by molar-refractivity contribution is 7.94. The van der Waals surface area contributed by atoms with E-state index >= 15 is 0 Å². The predicted octanol–water partition coefficient (Wildman–Crippen LogP) is 3.63. The number of sulfonamides is 1. The Morgan fingerprint density at radius 3 is 2.64 bits per heavy atom. The minimum absolute atomic E-state index is 0.116. The van der Waals surface area contributed by atoms with Gasteiger partial charge in [-0.3, -0.25) is 9.52 Å². The molecule has 1 amide bonds. The second kappa shape index (κ2) is 8.41. The summed E-state index contributed by atoms with van der Waals surface area (Å²) in [6, 6.07) is 13.7. The van der Waals surface area contributed by atoms with E-state index in [0.29, 0.717) is 5.56 Å². The van der Waals surface area contributed by atoms with Gasteiger partial charge in [-0.15, -0.1) is 11.3 Å². The van der Waals surface area contributed by atoms with Crippen LogP contribution in [0.4, 0.5) is 10.1 Å². The number of anilines is 1. The SMILES string of the molecule is COc1ccc(CNC(=O)c2cccc(NS(=O)(=O)c3cccs3)c2)cc1F. The fraction of sp³-hybridized carbons (Fsp3) is 0.105. The summed E-state index contributed by atoms with van der Waals surface area (Å²) in [5.74, 6) is -0.798. The summed E-state index contributed by atoms with van der Waals surface area (Å²) in [4.78, 5) is 12.4. The molecule has 3 rings (SSSR count). The van der Waals surface area contributed by atoms with Gasteiger partial charge < -0.3 is 10.1 Å². The molecule has 2 aromatic carbocycles. The Hall–Kier alpha value is -2.91. The third-order valence-electron chi connectivity index (χ3n) is 3.81. The third-order valence-corrected chi connectivity index (χ3v) is 6.58. The van der Waals surface area contributed by atoms with Crippen molar-refractivity contribution in [3.8, 4) is 5.75 Å². The third kappa shape index (κ3) is 4.68. The molecule has 28 heavy (non-hydrogen) atoms. The molecule has 0 fully saturated rings. The number of nitrogens with one attached hydrogen (secondary N) is 2. The fourth-order valence-corrected chi connectivity index (χ4v) is 4.49. The number of hydrogen-bond donors (Lipinski definition) is 2. The number of thiophene rings is 1. The number of hydrogen-bond acceptors (Lipinski definition) is 5.